The third-order valence-electron chi connectivity index (χ3n) is 3.25. The first-order valence-corrected chi connectivity index (χ1v) is 6.35. The molecule has 1 aromatic carbocycles. The van der Waals surface area contributed by atoms with Gasteiger partial charge in [-0.3, -0.25) is 4.79 Å². The lowest BCUT2D eigenvalue weighted by atomic mass is 10.1. The monoisotopic (exact) mass is 279 g/mol. The van der Waals surface area contributed by atoms with Crippen LogP contribution in [0.15, 0.2) is 24.3 Å². The van der Waals surface area contributed by atoms with E-state index in [-0.39, 0.29) is 18.9 Å². The molecule has 0 saturated carbocycles. The van der Waals surface area contributed by atoms with Gasteiger partial charge in [0.2, 0.25) is 5.91 Å². The average Bonchev–Trinajstić information content (AvgIpc) is 2.48. The molecule has 1 fully saturated rings. The highest BCUT2D eigenvalue weighted by molar-refractivity contribution is 5.85. The molecule has 2 rings (SSSR count). The highest BCUT2D eigenvalue weighted by Gasteiger charge is 2.32. The molecule has 1 N–H and O–H groups in total. The fourth-order valence-corrected chi connectivity index (χ4v) is 2.13. The molecule has 6 nitrogen and oxygen atoms in total. The zero-order valence-corrected chi connectivity index (χ0v) is 11.2. The number of methoxy groups -OCH3 is 1. The Bertz CT molecular complexity index is 485. The maximum Gasteiger partial charge on any atom is 0.328 e. The van der Waals surface area contributed by atoms with Crippen LogP contribution in [0.2, 0.25) is 0 Å². The Balaban J connectivity index is 2.03. The van der Waals surface area contributed by atoms with Gasteiger partial charge < -0.3 is 19.5 Å². The Morgan fingerprint density at radius 2 is 2.10 bits per heavy atom. The Labute approximate surface area is 116 Å². The molecule has 1 heterocycles. The number of morpholine rings is 1. The molecule has 0 spiro atoms. The van der Waals surface area contributed by atoms with Crippen LogP contribution in [0.5, 0.6) is 5.75 Å². The number of hydrogen-bond donors (Lipinski definition) is 1. The van der Waals surface area contributed by atoms with Crippen molar-refractivity contribution in [2.75, 3.05) is 26.9 Å². The Kier molecular flexibility index (Phi) is 4.57. The van der Waals surface area contributed by atoms with E-state index in [1.807, 2.05) is 0 Å². The maximum absolute atomic E-state index is 12.2. The van der Waals surface area contributed by atoms with Crippen LogP contribution in [-0.2, 0) is 20.7 Å². The number of nitrogens with zero attached hydrogens (tertiary/aromatic N) is 1. The molecule has 1 amide bonds. The highest BCUT2D eigenvalue weighted by atomic mass is 16.5. The number of amides is 1. The lowest BCUT2D eigenvalue weighted by Crippen LogP contribution is -2.53. The number of ether oxygens (including phenoxy) is 2. The SMILES string of the molecule is COc1ccc(CC(=O)N2CCOCC2C(=O)O)cc1. The van der Waals surface area contributed by atoms with Crippen molar-refractivity contribution in [3.05, 3.63) is 29.8 Å². The van der Waals surface area contributed by atoms with Crippen molar-refractivity contribution in [3.8, 4) is 5.75 Å². The molecule has 0 aliphatic carbocycles. The third-order valence-corrected chi connectivity index (χ3v) is 3.25. The first-order valence-electron chi connectivity index (χ1n) is 6.35. The molecule has 1 atom stereocenters. The van der Waals surface area contributed by atoms with Crippen molar-refractivity contribution in [3.63, 3.8) is 0 Å². The minimum absolute atomic E-state index is 0.0453. The molecule has 6 heteroatoms. The van der Waals surface area contributed by atoms with E-state index in [0.29, 0.717) is 13.2 Å². The first kappa shape index (κ1) is 14.3. The van der Waals surface area contributed by atoms with Crippen LogP contribution in [-0.4, -0.2) is 54.8 Å². The fraction of sp³-hybridized carbons (Fsp3) is 0.429. The summed E-state index contributed by atoms with van der Waals surface area (Å²) in [6.45, 7) is 0.730. The molecule has 20 heavy (non-hydrogen) atoms. The van der Waals surface area contributed by atoms with Crippen LogP contribution in [0.3, 0.4) is 0 Å². The van der Waals surface area contributed by atoms with E-state index in [1.165, 1.54) is 4.90 Å². The molecule has 1 unspecified atom stereocenters. The second-order valence-corrected chi connectivity index (χ2v) is 4.54. The molecule has 1 saturated heterocycles. The second-order valence-electron chi connectivity index (χ2n) is 4.54. The topological polar surface area (TPSA) is 76.1 Å². The molecule has 1 aromatic rings. The van der Waals surface area contributed by atoms with Crippen LogP contribution in [0.1, 0.15) is 5.56 Å². The minimum atomic E-state index is -1.03. The summed E-state index contributed by atoms with van der Waals surface area (Å²) in [6.07, 6.45) is 0.174. The van der Waals surface area contributed by atoms with E-state index in [1.54, 1.807) is 31.4 Å². The summed E-state index contributed by atoms with van der Waals surface area (Å²) in [6, 6.07) is 6.25. The molecule has 0 aromatic heterocycles. The van der Waals surface area contributed by atoms with Gasteiger partial charge in [0.15, 0.2) is 6.04 Å². The number of aliphatic carboxylic acids is 1. The summed E-state index contributed by atoms with van der Waals surface area (Å²) >= 11 is 0. The summed E-state index contributed by atoms with van der Waals surface area (Å²) in [7, 11) is 1.57. The fourth-order valence-electron chi connectivity index (χ4n) is 2.13. The molecule has 0 bridgehead atoms. The van der Waals surface area contributed by atoms with E-state index >= 15 is 0 Å². The lowest BCUT2D eigenvalue weighted by molar-refractivity contribution is -0.158. The summed E-state index contributed by atoms with van der Waals surface area (Å²) in [5.41, 5.74) is 0.825. The van der Waals surface area contributed by atoms with Gasteiger partial charge in [-0.15, -0.1) is 0 Å². The molecule has 108 valence electrons. The van der Waals surface area contributed by atoms with Crippen molar-refractivity contribution in [2.45, 2.75) is 12.5 Å². The number of carboxylic acid groups (broad SMARTS) is 1. The summed E-state index contributed by atoms with van der Waals surface area (Å²) in [5.74, 6) is -0.519. The second kappa shape index (κ2) is 6.38. The Morgan fingerprint density at radius 3 is 2.70 bits per heavy atom. The van der Waals surface area contributed by atoms with Gasteiger partial charge in [0, 0.05) is 6.54 Å². The number of hydrogen-bond acceptors (Lipinski definition) is 4. The highest BCUT2D eigenvalue weighted by Crippen LogP contribution is 2.14. The van der Waals surface area contributed by atoms with Gasteiger partial charge in [-0.25, -0.2) is 4.79 Å². The van der Waals surface area contributed by atoms with Crippen LogP contribution in [0.4, 0.5) is 0 Å². The Hall–Kier alpha value is -2.08. The summed E-state index contributed by atoms with van der Waals surface area (Å²) in [5, 5.41) is 9.10. The molecule has 1 aliphatic rings. The van der Waals surface area contributed by atoms with Gasteiger partial charge in [0.25, 0.3) is 0 Å². The predicted octanol–water partition coefficient (Wildman–Crippen LogP) is 0.550. The van der Waals surface area contributed by atoms with Crippen LogP contribution in [0.25, 0.3) is 0 Å². The van der Waals surface area contributed by atoms with E-state index in [2.05, 4.69) is 0 Å². The Morgan fingerprint density at radius 1 is 1.40 bits per heavy atom. The first-order chi connectivity index (χ1) is 9.61. The summed E-state index contributed by atoms with van der Waals surface area (Å²) in [4.78, 5) is 24.7. The lowest BCUT2D eigenvalue weighted by Gasteiger charge is -2.32. The molecule has 0 radical (unpaired) electrons. The van der Waals surface area contributed by atoms with Crippen molar-refractivity contribution < 1.29 is 24.2 Å². The number of benzene rings is 1. The smallest absolute Gasteiger partial charge is 0.328 e. The molecule has 1 aliphatic heterocycles. The van der Waals surface area contributed by atoms with Gasteiger partial charge >= 0.3 is 5.97 Å². The zero-order chi connectivity index (χ0) is 14.5. The molecular weight excluding hydrogens is 262 g/mol. The molecular formula is C14H17NO5. The van der Waals surface area contributed by atoms with Crippen LogP contribution >= 0.6 is 0 Å². The van der Waals surface area contributed by atoms with Crippen molar-refractivity contribution in [2.24, 2.45) is 0 Å². The number of carbonyl (C=O) groups is 2. The predicted molar refractivity (Wildman–Crippen MR) is 70.7 cm³/mol. The number of carboxylic acids is 1. The van der Waals surface area contributed by atoms with E-state index < -0.39 is 12.0 Å². The van der Waals surface area contributed by atoms with Gasteiger partial charge in [-0.1, -0.05) is 12.1 Å². The standard InChI is InChI=1S/C14H17NO5/c1-19-11-4-2-10(3-5-11)8-13(16)15-6-7-20-9-12(15)14(17)18/h2-5,12H,6-9H2,1H3,(H,17,18). The van der Waals surface area contributed by atoms with E-state index in [4.69, 9.17) is 14.6 Å². The number of rotatable bonds is 4. The van der Waals surface area contributed by atoms with Gasteiger partial charge in [0.05, 0.1) is 26.7 Å². The van der Waals surface area contributed by atoms with E-state index in [9.17, 15) is 9.59 Å². The van der Waals surface area contributed by atoms with E-state index in [0.717, 1.165) is 11.3 Å². The number of carbonyl (C=O) groups excluding carboxylic acids is 1. The zero-order valence-electron chi connectivity index (χ0n) is 11.2. The van der Waals surface area contributed by atoms with Gasteiger partial charge in [-0.2, -0.15) is 0 Å². The normalized spacial score (nSPS) is 18.6. The van der Waals surface area contributed by atoms with Gasteiger partial charge in [-0.05, 0) is 17.7 Å². The van der Waals surface area contributed by atoms with Crippen LogP contribution in [0, 0.1) is 0 Å². The quantitative estimate of drug-likeness (QED) is 0.871. The average molecular weight is 279 g/mol. The summed E-state index contributed by atoms with van der Waals surface area (Å²) < 4.78 is 10.2. The van der Waals surface area contributed by atoms with Gasteiger partial charge in [0.1, 0.15) is 5.75 Å². The third kappa shape index (κ3) is 3.27. The van der Waals surface area contributed by atoms with Crippen LogP contribution < -0.4 is 4.74 Å². The van der Waals surface area contributed by atoms with Crippen molar-refractivity contribution >= 4 is 11.9 Å². The van der Waals surface area contributed by atoms with Crippen molar-refractivity contribution in [1.29, 1.82) is 0 Å². The minimum Gasteiger partial charge on any atom is -0.497 e. The van der Waals surface area contributed by atoms with Crippen molar-refractivity contribution in [1.82, 2.24) is 4.90 Å². The largest absolute Gasteiger partial charge is 0.497 e. The maximum atomic E-state index is 12.2.